The largest absolute Gasteiger partial charge is 0.323 e. The van der Waals surface area contributed by atoms with Crippen LogP contribution in [-0.4, -0.2) is 49.2 Å². The summed E-state index contributed by atoms with van der Waals surface area (Å²) in [5.74, 6) is -0.244. The number of carbonyl (C=O) groups is 2. The van der Waals surface area contributed by atoms with E-state index in [-0.39, 0.29) is 5.91 Å². The molecule has 2 heterocycles. The van der Waals surface area contributed by atoms with Crippen molar-refractivity contribution >= 4 is 11.9 Å². The van der Waals surface area contributed by atoms with Crippen molar-refractivity contribution in [2.24, 2.45) is 0 Å². The summed E-state index contributed by atoms with van der Waals surface area (Å²) in [6.45, 7) is 3.30. The van der Waals surface area contributed by atoms with Gasteiger partial charge in [-0.25, -0.2) is 4.79 Å². The molecule has 2 saturated heterocycles. The van der Waals surface area contributed by atoms with Gasteiger partial charge in [0.05, 0.1) is 0 Å². The highest BCUT2D eigenvalue weighted by Gasteiger charge is 2.34. The van der Waals surface area contributed by atoms with Crippen molar-refractivity contribution in [3.8, 4) is 0 Å². The fourth-order valence-electron chi connectivity index (χ4n) is 1.60. The summed E-state index contributed by atoms with van der Waals surface area (Å²) in [5, 5.41) is 7.96. The van der Waals surface area contributed by atoms with Crippen LogP contribution in [0, 0.1) is 0 Å². The van der Waals surface area contributed by atoms with Crippen LogP contribution in [0.5, 0.6) is 0 Å². The first-order valence-corrected chi connectivity index (χ1v) is 4.33. The molecular weight excluding hydrogens is 172 g/mol. The molecule has 6 heteroatoms. The molecule has 0 aromatic heterocycles. The second-order valence-electron chi connectivity index (χ2n) is 3.15. The molecule has 1 unspecified atom stereocenters. The zero-order chi connectivity index (χ0) is 9.26. The summed E-state index contributed by atoms with van der Waals surface area (Å²) >= 11 is 0. The molecule has 2 fully saturated rings. The lowest BCUT2D eigenvalue weighted by atomic mass is 10.3. The van der Waals surface area contributed by atoms with Gasteiger partial charge in [0.25, 0.3) is 5.91 Å². The standard InChI is InChI=1S/C7H12N4O2/c12-6-5(9-7(13)10-6)11-3-1-8-2-4-11/h5,8H,1-4H2,(H2,9,10,12,13). The third kappa shape index (κ3) is 1.63. The van der Waals surface area contributed by atoms with Gasteiger partial charge in [-0.15, -0.1) is 0 Å². The number of rotatable bonds is 1. The van der Waals surface area contributed by atoms with Gasteiger partial charge in [0.15, 0.2) is 6.17 Å². The number of piperazine rings is 1. The summed E-state index contributed by atoms with van der Waals surface area (Å²) in [6, 6.07) is -0.395. The predicted octanol–water partition coefficient (Wildman–Crippen LogP) is -1.94. The van der Waals surface area contributed by atoms with E-state index in [4.69, 9.17) is 0 Å². The molecule has 13 heavy (non-hydrogen) atoms. The molecule has 3 amide bonds. The minimum atomic E-state index is -0.463. The number of nitrogens with zero attached hydrogens (tertiary/aromatic N) is 1. The van der Waals surface area contributed by atoms with Gasteiger partial charge in [-0.3, -0.25) is 15.0 Å². The lowest BCUT2D eigenvalue weighted by molar-refractivity contribution is -0.124. The van der Waals surface area contributed by atoms with E-state index < -0.39 is 12.2 Å². The third-order valence-corrected chi connectivity index (χ3v) is 2.27. The Balaban J connectivity index is 1.99. The zero-order valence-electron chi connectivity index (χ0n) is 7.17. The second-order valence-corrected chi connectivity index (χ2v) is 3.15. The molecule has 0 aliphatic carbocycles. The van der Waals surface area contributed by atoms with E-state index in [0.717, 1.165) is 26.2 Å². The SMILES string of the molecule is O=C1NC(=O)C(N2CCNCC2)N1. The van der Waals surface area contributed by atoms with Gasteiger partial charge < -0.3 is 10.6 Å². The molecule has 0 spiro atoms. The first-order valence-electron chi connectivity index (χ1n) is 4.33. The number of amides is 3. The highest BCUT2D eigenvalue weighted by molar-refractivity contribution is 6.03. The van der Waals surface area contributed by atoms with Crippen LogP contribution in [0.4, 0.5) is 4.79 Å². The summed E-state index contributed by atoms with van der Waals surface area (Å²) in [6.07, 6.45) is -0.463. The zero-order valence-corrected chi connectivity index (χ0v) is 7.17. The van der Waals surface area contributed by atoms with Crippen molar-refractivity contribution in [3.63, 3.8) is 0 Å². The number of urea groups is 1. The maximum Gasteiger partial charge on any atom is 0.323 e. The van der Waals surface area contributed by atoms with E-state index in [1.54, 1.807) is 0 Å². The Morgan fingerprint density at radius 3 is 2.46 bits per heavy atom. The van der Waals surface area contributed by atoms with Crippen LogP contribution in [0.25, 0.3) is 0 Å². The molecule has 1 atom stereocenters. The van der Waals surface area contributed by atoms with Crippen LogP contribution in [0.2, 0.25) is 0 Å². The minimum absolute atomic E-state index is 0.244. The molecule has 2 aliphatic heterocycles. The molecule has 0 radical (unpaired) electrons. The smallest absolute Gasteiger partial charge is 0.314 e. The molecule has 72 valence electrons. The van der Waals surface area contributed by atoms with E-state index >= 15 is 0 Å². The Morgan fingerprint density at radius 2 is 1.92 bits per heavy atom. The summed E-state index contributed by atoms with van der Waals surface area (Å²) in [4.78, 5) is 24.0. The van der Waals surface area contributed by atoms with Crippen molar-refractivity contribution in [2.45, 2.75) is 6.17 Å². The molecule has 6 nitrogen and oxygen atoms in total. The highest BCUT2D eigenvalue weighted by atomic mass is 16.2. The number of hydrogen-bond donors (Lipinski definition) is 3. The Morgan fingerprint density at radius 1 is 1.23 bits per heavy atom. The van der Waals surface area contributed by atoms with Crippen molar-refractivity contribution < 1.29 is 9.59 Å². The summed E-state index contributed by atoms with van der Waals surface area (Å²) in [5.41, 5.74) is 0. The average Bonchev–Trinajstić information content (AvgIpc) is 2.47. The van der Waals surface area contributed by atoms with Gasteiger partial charge in [-0.05, 0) is 0 Å². The number of hydrogen-bond acceptors (Lipinski definition) is 4. The Bertz CT molecular complexity index is 237. The fourth-order valence-corrected chi connectivity index (χ4v) is 1.60. The average molecular weight is 184 g/mol. The van der Waals surface area contributed by atoms with Crippen molar-refractivity contribution in [1.82, 2.24) is 20.9 Å². The van der Waals surface area contributed by atoms with Gasteiger partial charge in [0.2, 0.25) is 0 Å². The van der Waals surface area contributed by atoms with Crippen LogP contribution < -0.4 is 16.0 Å². The van der Waals surface area contributed by atoms with Gasteiger partial charge in [0.1, 0.15) is 0 Å². The lowest BCUT2D eigenvalue weighted by Crippen LogP contribution is -2.54. The van der Waals surface area contributed by atoms with Crippen molar-refractivity contribution in [1.29, 1.82) is 0 Å². The van der Waals surface area contributed by atoms with Crippen LogP contribution in [0.1, 0.15) is 0 Å². The summed E-state index contributed by atoms with van der Waals surface area (Å²) < 4.78 is 0. The van der Waals surface area contributed by atoms with E-state index in [9.17, 15) is 9.59 Å². The van der Waals surface area contributed by atoms with Gasteiger partial charge in [-0.1, -0.05) is 0 Å². The number of nitrogens with one attached hydrogen (secondary N) is 3. The van der Waals surface area contributed by atoms with Crippen LogP contribution >= 0.6 is 0 Å². The molecule has 0 aromatic carbocycles. The van der Waals surface area contributed by atoms with Crippen LogP contribution in [0.3, 0.4) is 0 Å². The van der Waals surface area contributed by atoms with Crippen LogP contribution in [0.15, 0.2) is 0 Å². The molecule has 2 aliphatic rings. The Kier molecular flexibility index (Phi) is 2.15. The van der Waals surface area contributed by atoms with Gasteiger partial charge >= 0.3 is 6.03 Å². The monoisotopic (exact) mass is 184 g/mol. The minimum Gasteiger partial charge on any atom is -0.314 e. The second kappa shape index (κ2) is 3.31. The third-order valence-electron chi connectivity index (χ3n) is 2.27. The first-order chi connectivity index (χ1) is 6.27. The van der Waals surface area contributed by atoms with E-state index in [2.05, 4.69) is 16.0 Å². The molecule has 0 bridgehead atoms. The molecule has 0 saturated carbocycles. The highest BCUT2D eigenvalue weighted by Crippen LogP contribution is 2.02. The Labute approximate surface area is 75.6 Å². The number of carbonyl (C=O) groups excluding carboxylic acids is 2. The summed E-state index contributed by atoms with van der Waals surface area (Å²) in [7, 11) is 0. The van der Waals surface area contributed by atoms with E-state index in [1.807, 2.05) is 4.90 Å². The van der Waals surface area contributed by atoms with Crippen molar-refractivity contribution in [2.75, 3.05) is 26.2 Å². The first kappa shape index (κ1) is 8.46. The van der Waals surface area contributed by atoms with Gasteiger partial charge in [-0.2, -0.15) is 0 Å². The number of imide groups is 1. The van der Waals surface area contributed by atoms with Crippen LogP contribution in [-0.2, 0) is 4.79 Å². The fraction of sp³-hybridized carbons (Fsp3) is 0.714. The Hall–Kier alpha value is -1.14. The normalized spacial score (nSPS) is 30.0. The maximum absolute atomic E-state index is 11.2. The van der Waals surface area contributed by atoms with Crippen molar-refractivity contribution in [3.05, 3.63) is 0 Å². The van der Waals surface area contributed by atoms with E-state index in [1.165, 1.54) is 0 Å². The molecule has 0 aromatic rings. The van der Waals surface area contributed by atoms with Gasteiger partial charge in [0, 0.05) is 26.2 Å². The topological polar surface area (TPSA) is 73.5 Å². The molecular formula is C7H12N4O2. The maximum atomic E-state index is 11.2. The lowest BCUT2D eigenvalue weighted by Gasteiger charge is -2.30. The molecule has 3 N–H and O–H groups in total. The molecule has 2 rings (SSSR count). The predicted molar refractivity (Wildman–Crippen MR) is 44.9 cm³/mol. The van der Waals surface area contributed by atoms with E-state index in [0.29, 0.717) is 0 Å². The quantitative estimate of drug-likeness (QED) is 0.414.